The summed E-state index contributed by atoms with van der Waals surface area (Å²) < 4.78 is 42.7. The second kappa shape index (κ2) is 9.14. The van der Waals surface area contributed by atoms with Gasteiger partial charge in [-0.15, -0.1) is 0 Å². The van der Waals surface area contributed by atoms with Gasteiger partial charge in [-0.05, 0) is 80.1 Å². The third kappa shape index (κ3) is 4.44. The lowest BCUT2D eigenvalue weighted by molar-refractivity contribution is 0.128. The summed E-state index contributed by atoms with van der Waals surface area (Å²) in [6.07, 6.45) is 0. The minimum Gasteiger partial charge on any atom is -0.391 e. The van der Waals surface area contributed by atoms with E-state index in [9.17, 15) is 13.2 Å². The highest BCUT2D eigenvalue weighted by molar-refractivity contribution is 6.01. The smallest absolute Gasteiger partial charge is 0.145 e. The van der Waals surface area contributed by atoms with Crippen LogP contribution in [0.25, 0.3) is 16.9 Å². The van der Waals surface area contributed by atoms with Crippen molar-refractivity contribution < 1.29 is 18.0 Å². The van der Waals surface area contributed by atoms with E-state index in [-0.39, 0.29) is 24.1 Å². The van der Waals surface area contributed by atoms with Crippen molar-refractivity contribution in [2.45, 2.75) is 20.5 Å². The fourth-order valence-corrected chi connectivity index (χ4v) is 3.59. The Morgan fingerprint density at radius 2 is 1.50 bits per heavy atom. The molecule has 0 aliphatic heterocycles. The number of nitrogens with zero attached hydrogens (tertiary/aromatic N) is 2. The lowest BCUT2D eigenvalue weighted by Crippen LogP contribution is -2.03. The predicted molar refractivity (Wildman–Crippen MR) is 119 cm³/mol. The molecule has 162 valence electrons. The normalized spacial score (nSPS) is 11.6. The second-order valence-corrected chi connectivity index (χ2v) is 7.39. The van der Waals surface area contributed by atoms with Crippen molar-refractivity contribution in [3.05, 3.63) is 113 Å². The van der Waals surface area contributed by atoms with Crippen molar-refractivity contribution >= 4 is 5.71 Å². The van der Waals surface area contributed by atoms with Crippen LogP contribution in [0.1, 0.15) is 23.7 Å². The molecule has 0 saturated heterocycles. The van der Waals surface area contributed by atoms with E-state index in [1.165, 1.54) is 30.3 Å². The van der Waals surface area contributed by atoms with E-state index in [1.54, 1.807) is 49.4 Å². The Hall–Kier alpha value is -3.80. The minimum atomic E-state index is -0.349. The zero-order valence-electron chi connectivity index (χ0n) is 17.6. The monoisotopic (exact) mass is 434 g/mol. The SMILES string of the molecule is C/C(=N/OCc1ccccc1F)c1cc(-c2ccc(F)cc2)n(-c2ccc(F)cc2)c1C. The molecule has 32 heavy (non-hydrogen) atoms. The number of oxime groups is 1. The minimum absolute atomic E-state index is 0.00650. The van der Waals surface area contributed by atoms with Gasteiger partial charge in [0.25, 0.3) is 0 Å². The number of aromatic nitrogens is 1. The van der Waals surface area contributed by atoms with E-state index in [2.05, 4.69) is 5.16 Å². The standard InChI is InChI=1S/C26H21F3N2O/c1-17(30-32-16-20-5-3-4-6-25(20)29)24-15-26(19-7-9-21(27)10-8-19)31(18(24)2)23-13-11-22(28)12-14-23/h3-15H,16H2,1-2H3/b30-17-. The highest BCUT2D eigenvalue weighted by Gasteiger charge is 2.17. The van der Waals surface area contributed by atoms with Gasteiger partial charge in [0, 0.05) is 22.5 Å². The van der Waals surface area contributed by atoms with Crippen LogP contribution in [0.4, 0.5) is 13.2 Å². The summed E-state index contributed by atoms with van der Waals surface area (Å²) in [5.41, 5.74) is 5.03. The molecule has 3 aromatic carbocycles. The Morgan fingerprint density at radius 3 is 2.16 bits per heavy atom. The zero-order valence-corrected chi connectivity index (χ0v) is 17.6. The summed E-state index contributed by atoms with van der Waals surface area (Å²) >= 11 is 0. The maximum Gasteiger partial charge on any atom is 0.145 e. The summed E-state index contributed by atoms with van der Waals surface area (Å²) in [4.78, 5) is 5.40. The molecule has 0 aliphatic carbocycles. The molecule has 1 heterocycles. The van der Waals surface area contributed by atoms with Crippen molar-refractivity contribution in [2.24, 2.45) is 5.16 Å². The first-order valence-electron chi connectivity index (χ1n) is 10.1. The van der Waals surface area contributed by atoms with Crippen molar-refractivity contribution in [2.75, 3.05) is 0 Å². The third-order valence-electron chi connectivity index (χ3n) is 5.24. The van der Waals surface area contributed by atoms with Crippen molar-refractivity contribution in [3.63, 3.8) is 0 Å². The summed E-state index contributed by atoms with van der Waals surface area (Å²) in [5.74, 6) is -1.01. The number of halogens is 3. The zero-order chi connectivity index (χ0) is 22.7. The van der Waals surface area contributed by atoms with Crippen LogP contribution in [0, 0.1) is 24.4 Å². The average Bonchev–Trinajstić information content (AvgIpc) is 3.13. The molecule has 0 radical (unpaired) electrons. The van der Waals surface area contributed by atoms with Gasteiger partial charge >= 0.3 is 0 Å². The fourth-order valence-electron chi connectivity index (χ4n) is 3.59. The molecule has 0 unspecified atom stereocenters. The quantitative estimate of drug-likeness (QED) is 0.242. The van der Waals surface area contributed by atoms with Crippen LogP contribution < -0.4 is 0 Å². The first-order valence-corrected chi connectivity index (χ1v) is 10.1. The van der Waals surface area contributed by atoms with Crippen molar-refractivity contribution in [1.29, 1.82) is 0 Å². The fraction of sp³-hybridized carbons (Fsp3) is 0.115. The van der Waals surface area contributed by atoms with Crippen molar-refractivity contribution in [1.82, 2.24) is 4.57 Å². The Kier molecular flexibility index (Phi) is 6.12. The van der Waals surface area contributed by atoms with Gasteiger partial charge in [-0.2, -0.15) is 0 Å². The van der Waals surface area contributed by atoms with Gasteiger partial charge in [0.2, 0.25) is 0 Å². The maximum atomic E-state index is 13.8. The van der Waals surface area contributed by atoms with E-state index in [1.807, 2.05) is 17.6 Å². The molecule has 1 aromatic heterocycles. The Balaban J connectivity index is 1.72. The Labute approximate surface area is 184 Å². The molecule has 3 nitrogen and oxygen atoms in total. The Bertz CT molecular complexity index is 1260. The topological polar surface area (TPSA) is 26.5 Å². The summed E-state index contributed by atoms with van der Waals surface area (Å²) in [7, 11) is 0. The predicted octanol–water partition coefficient (Wildman–Crippen LogP) is 6.81. The molecular weight excluding hydrogens is 413 g/mol. The molecule has 0 amide bonds. The van der Waals surface area contributed by atoms with E-state index >= 15 is 0 Å². The lowest BCUT2D eigenvalue weighted by atomic mass is 10.1. The molecule has 4 aromatic rings. The molecule has 0 atom stereocenters. The number of hydrogen-bond acceptors (Lipinski definition) is 2. The van der Waals surface area contributed by atoms with Crippen LogP contribution in [0.2, 0.25) is 0 Å². The van der Waals surface area contributed by atoms with Crippen LogP contribution in [0.15, 0.2) is 84.0 Å². The highest BCUT2D eigenvalue weighted by Crippen LogP contribution is 2.30. The molecule has 0 spiro atoms. The Morgan fingerprint density at radius 1 is 0.875 bits per heavy atom. The van der Waals surface area contributed by atoms with E-state index < -0.39 is 0 Å². The molecule has 0 saturated carbocycles. The van der Waals surface area contributed by atoms with Gasteiger partial charge in [-0.25, -0.2) is 13.2 Å². The first kappa shape index (κ1) is 21.4. The largest absolute Gasteiger partial charge is 0.391 e. The number of hydrogen-bond donors (Lipinski definition) is 0. The molecule has 0 N–H and O–H groups in total. The van der Waals surface area contributed by atoms with E-state index in [0.29, 0.717) is 11.3 Å². The van der Waals surface area contributed by atoms with Crippen LogP contribution in [-0.4, -0.2) is 10.3 Å². The molecule has 0 fully saturated rings. The average molecular weight is 434 g/mol. The molecular formula is C26H21F3N2O. The second-order valence-electron chi connectivity index (χ2n) is 7.39. The van der Waals surface area contributed by atoms with Gasteiger partial charge in [-0.3, -0.25) is 0 Å². The van der Waals surface area contributed by atoms with E-state index in [4.69, 9.17) is 4.84 Å². The maximum absolute atomic E-state index is 13.8. The van der Waals surface area contributed by atoms with Crippen LogP contribution >= 0.6 is 0 Å². The molecule has 6 heteroatoms. The van der Waals surface area contributed by atoms with Gasteiger partial charge < -0.3 is 9.40 Å². The molecule has 4 rings (SSSR count). The van der Waals surface area contributed by atoms with Crippen molar-refractivity contribution in [3.8, 4) is 16.9 Å². The molecule has 0 bridgehead atoms. The third-order valence-corrected chi connectivity index (χ3v) is 5.24. The number of benzene rings is 3. The van der Waals surface area contributed by atoms with Crippen LogP contribution in [0.3, 0.4) is 0 Å². The summed E-state index contributed by atoms with van der Waals surface area (Å²) in [6, 6.07) is 20.6. The highest BCUT2D eigenvalue weighted by atomic mass is 19.1. The summed E-state index contributed by atoms with van der Waals surface area (Å²) in [5, 5.41) is 4.18. The van der Waals surface area contributed by atoms with Gasteiger partial charge in [-0.1, -0.05) is 23.4 Å². The summed E-state index contributed by atoms with van der Waals surface area (Å²) in [6.45, 7) is 3.72. The lowest BCUT2D eigenvalue weighted by Gasteiger charge is -2.12. The van der Waals surface area contributed by atoms with Gasteiger partial charge in [0.1, 0.15) is 24.1 Å². The van der Waals surface area contributed by atoms with Crippen LogP contribution in [0.5, 0.6) is 0 Å². The molecule has 0 aliphatic rings. The number of rotatable bonds is 6. The van der Waals surface area contributed by atoms with Gasteiger partial charge in [0.05, 0.1) is 11.4 Å². The van der Waals surface area contributed by atoms with Crippen LogP contribution in [-0.2, 0) is 11.4 Å². The van der Waals surface area contributed by atoms with Gasteiger partial charge in [0.15, 0.2) is 0 Å². The first-order chi connectivity index (χ1) is 15.4. The van der Waals surface area contributed by atoms with E-state index in [0.717, 1.165) is 28.2 Å².